The Morgan fingerprint density at radius 3 is 2.83 bits per heavy atom. The lowest BCUT2D eigenvalue weighted by Gasteiger charge is -2.16. The van der Waals surface area contributed by atoms with E-state index in [0.717, 1.165) is 19.3 Å². The molecule has 0 aliphatic carbocycles. The second-order valence-corrected chi connectivity index (χ2v) is 4.54. The van der Waals surface area contributed by atoms with Crippen LogP contribution in [0.5, 0.6) is 0 Å². The molecular formula is C14H20N4. The van der Waals surface area contributed by atoms with Crippen molar-refractivity contribution in [1.82, 2.24) is 20.1 Å². The number of aryl methyl sites for hydroxylation is 2. The third-order valence-corrected chi connectivity index (χ3v) is 3.28. The van der Waals surface area contributed by atoms with E-state index in [9.17, 15) is 0 Å². The van der Waals surface area contributed by atoms with Crippen molar-refractivity contribution in [1.29, 1.82) is 0 Å². The van der Waals surface area contributed by atoms with Gasteiger partial charge in [-0.05, 0) is 44.0 Å². The Kier molecular flexibility index (Phi) is 4.47. The topological polar surface area (TPSA) is 42.7 Å². The maximum absolute atomic E-state index is 4.19. The standard InChI is InChI=1S/C14H20N4/c1-15-13(10-12-4-3-8-16-11-12)5-6-14-7-9-17-18(14)2/h3-4,7-9,11,13,15H,5-6,10H2,1-2H3. The molecule has 1 N–H and O–H groups in total. The summed E-state index contributed by atoms with van der Waals surface area (Å²) in [7, 11) is 4.01. The molecule has 0 spiro atoms. The fraction of sp³-hybridized carbons (Fsp3) is 0.429. The first-order chi connectivity index (χ1) is 8.79. The first-order valence-corrected chi connectivity index (χ1v) is 6.32. The summed E-state index contributed by atoms with van der Waals surface area (Å²) in [5.41, 5.74) is 2.56. The quantitative estimate of drug-likeness (QED) is 0.839. The van der Waals surface area contributed by atoms with Gasteiger partial charge in [0.05, 0.1) is 0 Å². The molecule has 1 unspecified atom stereocenters. The average Bonchev–Trinajstić information content (AvgIpc) is 2.81. The molecule has 0 saturated carbocycles. The summed E-state index contributed by atoms with van der Waals surface area (Å²) in [4.78, 5) is 4.15. The van der Waals surface area contributed by atoms with Crippen LogP contribution < -0.4 is 5.32 Å². The maximum atomic E-state index is 4.19. The smallest absolute Gasteiger partial charge is 0.0492 e. The van der Waals surface area contributed by atoms with E-state index in [1.807, 2.05) is 43.4 Å². The summed E-state index contributed by atoms with van der Waals surface area (Å²) >= 11 is 0. The molecule has 2 aromatic rings. The van der Waals surface area contributed by atoms with Crippen LogP contribution in [-0.2, 0) is 19.9 Å². The minimum atomic E-state index is 0.476. The van der Waals surface area contributed by atoms with Gasteiger partial charge in [0.15, 0.2) is 0 Å². The molecule has 0 amide bonds. The van der Waals surface area contributed by atoms with Gasteiger partial charge in [-0.3, -0.25) is 9.67 Å². The second kappa shape index (κ2) is 6.31. The van der Waals surface area contributed by atoms with Crippen LogP contribution in [0.2, 0.25) is 0 Å². The number of aromatic nitrogens is 3. The zero-order valence-electron chi connectivity index (χ0n) is 11.0. The van der Waals surface area contributed by atoms with Gasteiger partial charge < -0.3 is 5.32 Å². The molecule has 0 bridgehead atoms. The normalized spacial score (nSPS) is 12.6. The monoisotopic (exact) mass is 244 g/mol. The molecule has 96 valence electrons. The van der Waals surface area contributed by atoms with Gasteiger partial charge in [0, 0.05) is 37.4 Å². The number of hydrogen-bond donors (Lipinski definition) is 1. The second-order valence-electron chi connectivity index (χ2n) is 4.54. The summed E-state index contributed by atoms with van der Waals surface area (Å²) in [5.74, 6) is 0. The van der Waals surface area contributed by atoms with Crippen LogP contribution in [0.25, 0.3) is 0 Å². The van der Waals surface area contributed by atoms with E-state index >= 15 is 0 Å². The Morgan fingerprint density at radius 2 is 2.22 bits per heavy atom. The highest BCUT2D eigenvalue weighted by atomic mass is 15.2. The predicted octanol–water partition coefficient (Wildman–Crippen LogP) is 1.58. The average molecular weight is 244 g/mol. The number of rotatable bonds is 6. The molecule has 2 rings (SSSR count). The van der Waals surface area contributed by atoms with Crippen molar-refractivity contribution in [2.75, 3.05) is 7.05 Å². The molecule has 0 fully saturated rings. The zero-order valence-corrected chi connectivity index (χ0v) is 11.0. The first-order valence-electron chi connectivity index (χ1n) is 6.32. The van der Waals surface area contributed by atoms with Crippen molar-refractivity contribution in [2.45, 2.75) is 25.3 Å². The molecule has 2 heterocycles. The Balaban J connectivity index is 1.88. The first kappa shape index (κ1) is 12.8. The summed E-state index contributed by atoms with van der Waals surface area (Å²) in [6.07, 6.45) is 8.77. The van der Waals surface area contributed by atoms with Crippen LogP contribution in [0.1, 0.15) is 17.7 Å². The van der Waals surface area contributed by atoms with Crippen LogP contribution in [0.15, 0.2) is 36.8 Å². The molecule has 18 heavy (non-hydrogen) atoms. The van der Waals surface area contributed by atoms with E-state index in [0.29, 0.717) is 6.04 Å². The zero-order chi connectivity index (χ0) is 12.8. The number of nitrogens with one attached hydrogen (secondary N) is 1. The largest absolute Gasteiger partial charge is 0.317 e. The van der Waals surface area contributed by atoms with Gasteiger partial charge >= 0.3 is 0 Å². The lowest BCUT2D eigenvalue weighted by Crippen LogP contribution is -2.28. The van der Waals surface area contributed by atoms with Gasteiger partial charge in [0.2, 0.25) is 0 Å². The van der Waals surface area contributed by atoms with Crippen LogP contribution in [-0.4, -0.2) is 27.9 Å². The minimum Gasteiger partial charge on any atom is -0.317 e. The number of hydrogen-bond acceptors (Lipinski definition) is 3. The number of pyridine rings is 1. The minimum absolute atomic E-state index is 0.476. The van der Waals surface area contributed by atoms with Gasteiger partial charge in [-0.15, -0.1) is 0 Å². The maximum Gasteiger partial charge on any atom is 0.0492 e. The lowest BCUT2D eigenvalue weighted by atomic mass is 10.0. The molecule has 0 saturated heterocycles. The third kappa shape index (κ3) is 3.40. The van der Waals surface area contributed by atoms with Gasteiger partial charge in [0.25, 0.3) is 0 Å². The highest BCUT2D eigenvalue weighted by molar-refractivity contribution is 5.10. The molecule has 2 aromatic heterocycles. The van der Waals surface area contributed by atoms with E-state index in [2.05, 4.69) is 27.5 Å². The van der Waals surface area contributed by atoms with Crippen molar-refractivity contribution in [3.63, 3.8) is 0 Å². The third-order valence-electron chi connectivity index (χ3n) is 3.28. The van der Waals surface area contributed by atoms with Gasteiger partial charge in [0.1, 0.15) is 0 Å². The van der Waals surface area contributed by atoms with Crippen LogP contribution in [0, 0.1) is 0 Å². The van der Waals surface area contributed by atoms with Crippen LogP contribution in [0.3, 0.4) is 0 Å². The van der Waals surface area contributed by atoms with Gasteiger partial charge in [-0.2, -0.15) is 5.10 Å². The fourth-order valence-electron chi connectivity index (χ4n) is 2.12. The van der Waals surface area contributed by atoms with E-state index in [1.54, 1.807) is 0 Å². The van der Waals surface area contributed by atoms with E-state index in [1.165, 1.54) is 11.3 Å². The van der Waals surface area contributed by atoms with Gasteiger partial charge in [-0.1, -0.05) is 6.07 Å². The van der Waals surface area contributed by atoms with E-state index < -0.39 is 0 Å². The highest BCUT2D eigenvalue weighted by Crippen LogP contribution is 2.08. The summed E-state index contributed by atoms with van der Waals surface area (Å²) < 4.78 is 1.94. The predicted molar refractivity (Wildman–Crippen MR) is 72.3 cm³/mol. The Morgan fingerprint density at radius 1 is 1.33 bits per heavy atom. The van der Waals surface area contributed by atoms with E-state index in [-0.39, 0.29) is 0 Å². The summed E-state index contributed by atoms with van der Waals surface area (Å²) in [5, 5.41) is 7.57. The summed E-state index contributed by atoms with van der Waals surface area (Å²) in [6, 6.07) is 6.67. The molecular weight excluding hydrogens is 224 g/mol. The molecule has 4 heteroatoms. The molecule has 0 aromatic carbocycles. The van der Waals surface area contributed by atoms with Crippen molar-refractivity contribution >= 4 is 0 Å². The van der Waals surface area contributed by atoms with Crippen LogP contribution >= 0.6 is 0 Å². The summed E-state index contributed by atoms with van der Waals surface area (Å²) in [6.45, 7) is 0. The molecule has 0 aliphatic heterocycles. The molecule has 1 atom stereocenters. The Hall–Kier alpha value is -1.68. The van der Waals surface area contributed by atoms with Gasteiger partial charge in [-0.25, -0.2) is 0 Å². The van der Waals surface area contributed by atoms with Crippen molar-refractivity contribution in [2.24, 2.45) is 7.05 Å². The van der Waals surface area contributed by atoms with Crippen molar-refractivity contribution in [3.05, 3.63) is 48.0 Å². The van der Waals surface area contributed by atoms with Crippen LogP contribution in [0.4, 0.5) is 0 Å². The lowest BCUT2D eigenvalue weighted by molar-refractivity contribution is 0.509. The molecule has 0 aliphatic rings. The molecule has 4 nitrogen and oxygen atoms in total. The van der Waals surface area contributed by atoms with Crippen molar-refractivity contribution < 1.29 is 0 Å². The van der Waals surface area contributed by atoms with Crippen molar-refractivity contribution in [3.8, 4) is 0 Å². The SMILES string of the molecule is CNC(CCc1ccnn1C)Cc1cccnc1. The molecule has 0 radical (unpaired) electrons. The fourth-order valence-corrected chi connectivity index (χ4v) is 2.12. The van der Waals surface area contributed by atoms with E-state index in [4.69, 9.17) is 0 Å². The number of likely N-dealkylation sites (N-methyl/N-ethyl adjacent to an activating group) is 1. The highest BCUT2D eigenvalue weighted by Gasteiger charge is 2.09. The Bertz CT molecular complexity index is 464. The Labute approximate surface area is 108 Å². The number of nitrogens with zero attached hydrogens (tertiary/aromatic N) is 3.